The van der Waals surface area contributed by atoms with Crippen molar-refractivity contribution in [1.82, 2.24) is 4.98 Å². The lowest BCUT2D eigenvalue weighted by molar-refractivity contribution is 0.756. The molecule has 2 aromatic rings. The molecule has 0 bridgehead atoms. The Bertz CT molecular complexity index is 572. The molecule has 4 rings (SSSR count). The van der Waals surface area contributed by atoms with Gasteiger partial charge in [-0.3, -0.25) is 4.98 Å². The van der Waals surface area contributed by atoms with Gasteiger partial charge in [-0.1, -0.05) is 18.2 Å². The molecule has 3 nitrogen and oxygen atoms in total. The first-order valence-corrected chi connectivity index (χ1v) is 5.76. The summed E-state index contributed by atoms with van der Waals surface area (Å²) in [4.78, 5) is 4.46. The Balaban J connectivity index is 1.98. The maximum atomic E-state index is 4.46. The maximum Gasteiger partial charge on any atom is 0.0770 e. The van der Waals surface area contributed by atoms with Crippen molar-refractivity contribution >= 4 is 22.3 Å². The Morgan fingerprint density at radius 1 is 1.19 bits per heavy atom. The fraction of sp³-hybridized carbons (Fsp3) is 0.308. The van der Waals surface area contributed by atoms with E-state index in [0.29, 0.717) is 5.54 Å². The van der Waals surface area contributed by atoms with E-state index in [9.17, 15) is 0 Å². The lowest BCUT2D eigenvalue weighted by Gasteiger charge is -2.29. The Morgan fingerprint density at radius 3 is 2.94 bits per heavy atom. The van der Waals surface area contributed by atoms with Crippen LogP contribution in [0.4, 0.5) is 11.4 Å². The molecule has 3 heteroatoms. The average Bonchev–Trinajstić information content (AvgIpc) is 3.09. The predicted molar refractivity (Wildman–Crippen MR) is 65.8 cm³/mol. The SMILES string of the molecule is c1ccc2c3c(cnc2c1)NCC1(CC1)N3. The third kappa shape index (κ3) is 1.06. The number of benzene rings is 1. The summed E-state index contributed by atoms with van der Waals surface area (Å²) in [5.41, 5.74) is 3.76. The first kappa shape index (κ1) is 8.39. The molecule has 2 N–H and O–H groups in total. The minimum Gasteiger partial charge on any atom is -0.380 e. The van der Waals surface area contributed by atoms with E-state index in [1.165, 1.54) is 23.9 Å². The van der Waals surface area contributed by atoms with Gasteiger partial charge >= 0.3 is 0 Å². The molecule has 1 spiro atoms. The van der Waals surface area contributed by atoms with Crippen LogP contribution in [-0.4, -0.2) is 17.1 Å². The lowest BCUT2D eigenvalue weighted by Crippen LogP contribution is -2.35. The first-order valence-electron chi connectivity index (χ1n) is 5.76. The van der Waals surface area contributed by atoms with Crippen LogP contribution in [0.3, 0.4) is 0 Å². The van der Waals surface area contributed by atoms with Crippen LogP contribution in [-0.2, 0) is 0 Å². The van der Waals surface area contributed by atoms with Crippen LogP contribution in [0.25, 0.3) is 10.9 Å². The van der Waals surface area contributed by atoms with E-state index in [-0.39, 0.29) is 0 Å². The molecule has 0 saturated heterocycles. The van der Waals surface area contributed by atoms with Crippen molar-refractivity contribution in [2.75, 3.05) is 17.2 Å². The molecule has 0 radical (unpaired) electrons. The second kappa shape index (κ2) is 2.67. The number of aromatic nitrogens is 1. The van der Waals surface area contributed by atoms with Crippen LogP contribution in [0.15, 0.2) is 30.5 Å². The van der Waals surface area contributed by atoms with Gasteiger partial charge in [0, 0.05) is 11.9 Å². The zero-order valence-electron chi connectivity index (χ0n) is 8.96. The minimum absolute atomic E-state index is 0.330. The first-order chi connectivity index (χ1) is 7.86. The highest BCUT2D eigenvalue weighted by Gasteiger charge is 2.45. The van der Waals surface area contributed by atoms with Crippen molar-refractivity contribution in [1.29, 1.82) is 0 Å². The van der Waals surface area contributed by atoms with Crippen molar-refractivity contribution in [2.24, 2.45) is 0 Å². The highest BCUT2D eigenvalue weighted by molar-refractivity contribution is 5.98. The fourth-order valence-corrected chi connectivity index (χ4v) is 2.44. The van der Waals surface area contributed by atoms with Crippen molar-refractivity contribution in [2.45, 2.75) is 18.4 Å². The van der Waals surface area contributed by atoms with Crippen LogP contribution in [0.1, 0.15) is 12.8 Å². The molecule has 1 aromatic carbocycles. The Morgan fingerprint density at radius 2 is 2.06 bits per heavy atom. The molecule has 0 amide bonds. The largest absolute Gasteiger partial charge is 0.380 e. The predicted octanol–water partition coefficient (Wildman–Crippen LogP) is 2.60. The van der Waals surface area contributed by atoms with Gasteiger partial charge in [-0.15, -0.1) is 0 Å². The zero-order chi connectivity index (χ0) is 10.6. The van der Waals surface area contributed by atoms with Gasteiger partial charge in [0.05, 0.1) is 28.6 Å². The van der Waals surface area contributed by atoms with Gasteiger partial charge in [0.2, 0.25) is 0 Å². The van der Waals surface area contributed by atoms with Crippen LogP contribution >= 0.6 is 0 Å². The summed E-state index contributed by atoms with van der Waals surface area (Å²) in [6.45, 7) is 1.03. The summed E-state index contributed by atoms with van der Waals surface area (Å²) in [6, 6.07) is 8.30. The fourth-order valence-electron chi connectivity index (χ4n) is 2.44. The molecule has 1 fully saturated rings. The van der Waals surface area contributed by atoms with E-state index in [1.807, 2.05) is 12.3 Å². The Kier molecular flexibility index (Phi) is 1.40. The number of fused-ring (bicyclic) bond motifs is 3. The summed E-state index contributed by atoms with van der Waals surface area (Å²) in [7, 11) is 0. The van der Waals surface area contributed by atoms with Crippen molar-refractivity contribution in [3.05, 3.63) is 30.5 Å². The topological polar surface area (TPSA) is 37.0 Å². The molecular weight excluding hydrogens is 198 g/mol. The van der Waals surface area contributed by atoms with Crippen LogP contribution < -0.4 is 10.6 Å². The van der Waals surface area contributed by atoms with Gasteiger partial charge in [0.15, 0.2) is 0 Å². The molecule has 1 saturated carbocycles. The second-order valence-electron chi connectivity index (χ2n) is 4.82. The summed E-state index contributed by atoms with van der Waals surface area (Å²) in [5, 5.41) is 8.39. The molecule has 2 heterocycles. The van der Waals surface area contributed by atoms with Crippen LogP contribution in [0.5, 0.6) is 0 Å². The number of rotatable bonds is 0. The molecular formula is C13H13N3. The second-order valence-corrected chi connectivity index (χ2v) is 4.82. The number of para-hydroxylation sites is 1. The van der Waals surface area contributed by atoms with E-state index in [1.54, 1.807) is 0 Å². The van der Waals surface area contributed by atoms with Gasteiger partial charge in [0.25, 0.3) is 0 Å². The number of nitrogens with one attached hydrogen (secondary N) is 2. The Hall–Kier alpha value is -1.77. The van der Waals surface area contributed by atoms with Gasteiger partial charge in [-0.2, -0.15) is 0 Å². The van der Waals surface area contributed by atoms with Crippen molar-refractivity contribution < 1.29 is 0 Å². The third-order valence-electron chi connectivity index (χ3n) is 3.64. The standard InChI is InChI=1S/C13H13N3/c1-2-4-10-9(3-1)12-11(7-14-10)15-8-13(16-12)5-6-13/h1-4,7,15-16H,5-6,8H2. The molecule has 1 aliphatic heterocycles. The monoisotopic (exact) mass is 211 g/mol. The number of pyridine rings is 1. The molecule has 0 atom stereocenters. The molecule has 0 unspecified atom stereocenters. The molecule has 2 aliphatic rings. The van der Waals surface area contributed by atoms with Gasteiger partial charge in [0.1, 0.15) is 0 Å². The molecule has 1 aliphatic carbocycles. The molecule has 80 valence electrons. The van der Waals surface area contributed by atoms with E-state index >= 15 is 0 Å². The van der Waals surface area contributed by atoms with E-state index in [0.717, 1.165) is 17.7 Å². The summed E-state index contributed by atoms with van der Waals surface area (Å²) in [6.07, 6.45) is 4.48. The zero-order valence-corrected chi connectivity index (χ0v) is 8.96. The van der Waals surface area contributed by atoms with Crippen LogP contribution in [0, 0.1) is 0 Å². The lowest BCUT2D eigenvalue weighted by atomic mass is 10.1. The van der Waals surface area contributed by atoms with Crippen molar-refractivity contribution in [3.8, 4) is 0 Å². The van der Waals surface area contributed by atoms with E-state index < -0.39 is 0 Å². The van der Waals surface area contributed by atoms with Gasteiger partial charge < -0.3 is 10.6 Å². The van der Waals surface area contributed by atoms with E-state index in [2.05, 4.69) is 33.8 Å². The number of hydrogen-bond donors (Lipinski definition) is 2. The van der Waals surface area contributed by atoms with E-state index in [4.69, 9.17) is 0 Å². The minimum atomic E-state index is 0.330. The van der Waals surface area contributed by atoms with Gasteiger partial charge in [-0.05, 0) is 18.9 Å². The number of nitrogens with zero attached hydrogens (tertiary/aromatic N) is 1. The average molecular weight is 211 g/mol. The van der Waals surface area contributed by atoms with Crippen LogP contribution in [0.2, 0.25) is 0 Å². The maximum absolute atomic E-state index is 4.46. The smallest absolute Gasteiger partial charge is 0.0770 e. The highest BCUT2D eigenvalue weighted by atomic mass is 15.1. The molecule has 1 aromatic heterocycles. The van der Waals surface area contributed by atoms with Crippen molar-refractivity contribution in [3.63, 3.8) is 0 Å². The summed E-state index contributed by atoms with van der Waals surface area (Å²) < 4.78 is 0. The third-order valence-corrected chi connectivity index (χ3v) is 3.64. The molecule has 16 heavy (non-hydrogen) atoms. The summed E-state index contributed by atoms with van der Waals surface area (Å²) in [5.74, 6) is 0. The highest BCUT2D eigenvalue weighted by Crippen LogP contribution is 2.45. The number of anilines is 2. The summed E-state index contributed by atoms with van der Waals surface area (Å²) >= 11 is 0. The quantitative estimate of drug-likeness (QED) is 0.703. The van der Waals surface area contributed by atoms with Gasteiger partial charge in [-0.25, -0.2) is 0 Å². The Labute approximate surface area is 93.9 Å². The number of hydrogen-bond acceptors (Lipinski definition) is 3. The normalized spacial score (nSPS) is 20.0.